The third-order valence-corrected chi connectivity index (χ3v) is 2.92. The molecule has 0 bridgehead atoms. The van der Waals surface area contributed by atoms with Gasteiger partial charge in [-0.25, -0.2) is 0 Å². The lowest BCUT2D eigenvalue weighted by molar-refractivity contribution is 0.0369. The Bertz CT molecular complexity index is 156. The molecule has 0 atom stereocenters. The van der Waals surface area contributed by atoms with E-state index in [0.29, 0.717) is 6.10 Å². The maximum absolute atomic E-state index is 5.51. The highest BCUT2D eigenvalue weighted by molar-refractivity contribution is 4.61. The fraction of sp³-hybridized carbons (Fsp3) is 1.00. The average Bonchev–Trinajstić information content (AvgIpc) is 2.29. The van der Waals surface area contributed by atoms with Gasteiger partial charge in [-0.2, -0.15) is 0 Å². The van der Waals surface area contributed by atoms with Crippen LogP contribution in [0, 0.1) is 0 Å². The van der Waals surface area contributed by atoms with Crippen LogP contribution in [0.15, 0.2) is 0 Å². The topological polar surface area (TPSA) is 21.7 Å². The first kappa shape index (κ1) is 13.9. The predicted molar refractivity (Wildman–Crippen MR) is 66.8 cm³/mol. The molecule has 1 aliphatic heterocycles. The van der Waals surface area contributed by atoms with Crippen LogP contribution >= 0.6 is 0 Å². The number of hydrogen-bond acceptors (Lipinski definition) is 3. The van der Waals surface area contributed by atoms with Gasteiger partial charge in [-0.1, -0.05) is 12.8 Å². The lowest BCUT2D eigenvalue weighted by atomic mass is 10.2. The number of morpholine rings is 1. The number of nitrogens with zero attached hydrogens (tertiary/aromatic N) is 1. The summed E-state index contributed by atoms with van der Waals surface area (Å²) in [6, 6.07) is 0. The molecule has 96 valence electrons. The summed E-state index contributed by atoms with van der Waals surface area (Å²) in [5, 5.41) is 0. The van der Waals surface area contributed by atoms with E-state index in [9.17, 15) is 0 Å². The zero-order valence-corrected chi connectivity index (χ0v) is 10.9. The van der Waals surface area contributed by atoms with E-state index in [1.807, 2.05) is 0 Å². The molecule has 1 aliphatic rings. The predicted octanol–water partition coefficient (Wildman–Crippen LogP) is 2.30. The summed E-state index contributed by atoms with van der Waals surface area (Å²) in [6.07, 6.45) is 5.55. The zero-order chi connectivity index (χ0) is 11.6. The van der Waals surface area contributed by atoms with Crippen LogP contribution in [-0.2, 0) is 9.47 Å². The van der Waals surface area contributed by atoms with Gasteiger partial charge in [0.2, 0.25) is 0 Å². The van der Waals surface area contributed by atoms with Crippen LogP contribution in [0.25, 0.3) is 0 Å². The molecule has 16 heavy (non-hydrogen) atoms. The molecule has 0 radical (unpaired) electrons. The molecule has 0 aromatic heterocycles. The minimum atomic E-state index is 0.383. The van der Waals surface area contributed by atoms with E-state index in [-0.39, 0.29) is 0 Å². The SMILES string of the molecule is CC(C)OCCCCCCN1CCOCC1. The number of unbranched alkanes of at least 4 members (excludes halogenated alkanes) is 3. The van der Waals surface area contributed by atoms with Gasteiger partial charge in [-0.05, 0) is 33.2 Å². The second-order valence-corrected chi connectivity index (χ2v) is 4.79. The first-order valence-corrected chi connectivity index (χ1v) is 6.71. The highest BCUT2D eigenvalue weighted by Gasteiger charge is 2.08. The van der Waals surface area contributed by atoms with E-state index in [1.165, 1.54) is 32.2 Å². The van der Waals surface area contributed by atoms with Gasteiger partial charge < -0.3 is 9.47 Å². The van der Waals surface area contributed by atoms with E-state index < -0.39 is 0 Å². The normalized spacial score (nSPS) is 18.2. The molecule has 1 rings (SSSR count). The first-order chi connectivity index (χ1) is 7.79. The van der Waals surface area contributed by atoms with Crippen molar-refractivity contribution in [2.24, 2.45) is 0 Å². The van der Waals surface area contributed by atoms with Crippen molar-refractivity contribution in [2.75, 3.05) is 39.5 Å². The molecule has 0 N–H and O–H groups in total. The van der Waals surface area contributed by atoms with Crippen molar-refractivity contribution in [1.82, 2.24) is 4.90 Å². The largest absolute Gasteiger partial charge is 0.379 e. The van der Waals surface area contributed by atoms with Crippen LogP contribution in [0.2, 0.25) is 0 Å². The van der Waals surface area contributed by atoms with Crippen molar-refractivity contribution in [2.45, 2.75) is 45.6 Å². The minimum Gasteiger partial charge on any atom is -0.379 e. The Balaban J connectivity index is 1.80. The van der Waals surface area contributed by atoms with E-state index in [2.05, 4.69) is 18.7 Å². The Morgan fingerprint density at radius 1 is 1.06 bits per heavy atom. The van der Waals surface area contributed by atoms with Crippen LogP contribution in [0.3, 0.4) is 0 Å². The van der Waals surface area contributed by atoms with Crippen molar-refractivity contribution >= 4 is 0 Å². The highest BCUT2D eigenvalue weighted by Crippen LogP contribution is 2.04. The molecule has 1 saturated heterocycles. The Morgan fingerprint density at radius 3 is 2.44 bits per heavy atom. The number of hydrogen-bond donors (Lipinski definition) is 0. The molecule has 0 amide bonds. The molecule has 0 aromatic rings. The summed E-state index contributed by atoms with van der Waals surface area (Å²) in [4.78, 5) is 2.51. The van der Waals surface area contributed by atoms with E-state index >= 15 is 0 Å². The van der Waals surface area contributed by atoms with Crippen LogP contribution < -0.4 is 0 Å². The Kier molecular flexibility index (Phi) is 7.81. The fourth-order valence-corrected chi connectivity index (χ4v) is 1.93. The van der Waals surface area contributed by atoms with Gasteiger partial charge in [0.1, 0.15) is 0 Å². The molecular weight excluding hydrogens is 202 g/mol. The highest BCUT2D eigenvalue weighted by atomic mass is 16.5. The van der Waals surface area contributed by atoms with Crippen LogP contribution in [-0.4, -0.2) is 50.5 Å². The maximum atomic E-state index is 5.51. The Hall–Kier alpha value is -0.120. The second-order valence-electron chi connectivity index (χ2n) is 4.79. The van der Waals surface area contributed by atoms with Gasteiger partial charge >= 0.3 is 0 Å². The summed E-state index contributed by atoms with van der Waals surface area (Å²) in [6.45, 7) is 10.4. The molecule has 0 aromatic carbocycles. The van der Waals surface area contributed by atoms with E-state index in [1.54, 1.807) is 0 Å². The number of ether oxygens (including phenoxy) is 2. The molecule has 1 fully saturated rings. The Morgan fingerprint density at radius 2 is 1.75 bits per heavy atom. The maximum Gasteiger partial charge on any atom is 0.0594 e. The molecule has 0 unspecified atom stereocenters. The van der Waals surface area contributed by atoms with Gasteiger partial charge in [-0.15, -0.1) is 0 Å². The lowest BCUT2D eigenvalue weighted by Crippen LogP contribution is -2.36. The third kappa shape index (κ3) is 7.20. The van der Waals surface area contributed by atoms with Gasteiger partial charge in [0.25, 0.3) is 0 Å². The molecule has 3 nitrogen and oxygen atoms in total. The van der Waals surface area contributed by atoms with E-state index in [0.717, 1.165) is 32.9 Å². The van der Waals surface area contributed by atoms with Crippen LogP contribution in [0.4, 0.5) is 0 Å². The van der Waals surface area contributed by atoms with Gasteiger partial charge in [0, 0.05) is 19.7 Å². The van der Waals surface area contributed by atoms with Crippen LogP contribution in [0.1, 0.15) is 39.5 Å². The van der Waals surface area contributed by atoms with Gasteiger partial charge in [-0.3, -0.25) is 4.90 Å². The fourth-order valence-electron chi connectivity index (χ4n) is 1.93. The summed E-state index contributed by atoms with van der Waals surface area (Å²) >= 11 is 0. The molecule has 0 spiro atoms. The van der Waals surface area contributed by atoms with Gasteiger partial charge in [0.05, 0.1) is 19.3 Å². The van der Waals surface area contributed by atoms with Crippen molar-refractivity contribution in [1.29, 1.82) is 0 Å². The molecule has 3 heteroatoms. The monoisotopic (exact) mass is 229 g/mol. The minimum absolute atomic E-state index is 0.383. The lowest BCUT2D eigenvalue weighted by Gasteiger charge is -2.26. The van der Waals surface area contributed by atoms with Crippen molar-refractivity contribution in [3.8, 4) is 0 Å². The third-order valence-electron chi connectivity index (χ3n) is 2.92. The standard InChI is InChI=1S/C13H27NO2/c1-13(2)16-10-6-4-3-5-7-14-8-11-15-12-9-14/h13H,3-12H2,1-2H3. The van der Waals surface area contributed by atoms with Crippen molar-refractivity contribution in [3.05, 3.63) is 0 Å². The average molecular weight is 229 g/mol. The summed E-state index contributed by atoms with van der Waals surface area (Å²) in [5.41, 5.74) is 0. The quantitative estimate of drug-likeness (QED) is 0.596. The van der Waals surface area contributed by atoms with E-state index in [4.69, 9.17) is 9.47 Å². The molecular formula is C13H27NO2. The smallest absolute Gasteiger partial charge is 0.0594 e. The number of rotatable bonds is 8. The van der Waals surface area contributed by atoms with Crippen molar-refractivity contribution in [3.63, 3.8) is 0 Å². The molecule has 0 saturated carbocycles. The van der Waals surface area contributed by atoms with Crippen LogP contribution in [0.5, 0.6) is 0 Å². The Labute approximate surface area is 100 Å². The zero-order valence-electron chi connectivity index (χ0n) is 10.9. The summed E-state index contributed by atoms with van der Waals surface area (Å²) in [5.74, 6) is 0. The molecule has 0 aliphatic carbocycles. The summed E-state index contributed by atoms with van der Waals surface area (Å²) in [7, 11) is 0. The van der Waals surface area contributed by atoms with Gasteiger partial charge in [0.15, 0.2) is 0 Å². The van der Waals surface area contributed by atoms with Crippen molar-refractivity contribution < 1.29 is 9.47 Å². The summed E-state index contributed by atoms with van der Waals surface area (Å²) < 4.78 is 10.8. The second kappa shape index (κ2) is 8.97. The molecule has 1 heterocycles. The first-order valence-electron chi connectivity index (χ1n) is 6.71.